The first-order chi connectivity index (χ1) is 8.22. The summed E-state index contributed by atoms with van der Waals surface area (Å²) in [4.78, 5) is 4.26. The fourth-order valence-electron chi connectivity index (χ4n) is 1.63. The van der Waals surface area contributed by atoms with Gasteiger partial charge in [0.1, 0.15) is 0 Å². The molecule has 2 rings (SSSR count). The van der Waals surface area contributed by atoms with E-state index >= 15 is 0 Å². The van der Waals surface area contributed by atoms with Gasteiger partial charge in [0, 0.05) is 24.0 Å². The van der Waals surface area contributed by atoms with E-state index in [0.717, 1.165) is 17.2 Å². The van der Waals surface area contributed by atoms with Gasteiger partial charge in [-0.2, -0.15) is 0 Å². The Morgan fingerprint density at radius 2 is 2.35 bits per heavy atom. The summed E-state index contributed by atoms with van der Waals surface area (Å²) in [6.07, 6.45) is 5.46. The maximum Gasteiger partial charge on any atom is 0.207 e. The van der Waals surface area contributed by atoms with Gasteiger partial charge < -0.3 is 5.32 Å². The standard InChI is InChI=1S/C13H14ClN3/c1-3-6-15-13-16-7-8-17(13)12-9-11(14)5-4-10(12)2/h3-5,7-9H,1,6H2,2H3,(H,15,16). The van der Waals surface area contributed by atoms with Crippen molar-refractivity contribution in [2.75, 3.05) is 11.9 Å². The summed E-state index contributed by atoms with van der Waals surface area (Å²) < 4.78 is 1.98. The van der Waals surface area contributed by atoms with Crippen molar-refractivity contribution < 1.29 is 0 Å². The molecule has 0 aliphatic carbocycles. The van der Waals surface area contributed by atoms with Crippen LogP contribution in [0, 0.1) is 6.92 Å². The van der Waals surface area contributed by atoms with Crippen LogP contribution < -0.4 is 5.32 Å². The second kappa shape index (κ2) is 5.06. The SMILES string of the molecule is C=CCNc1nccn1-c1cc(Cl)ccc1C. The van der Waals surface area contributed by atoms with E-state index in [4.69, 9.17) is 11.6 Å². The molecule has 0 saturated carbocycles. The first-order valence-electron chi connectivity index (χ1n) is 5.37. The van der Waals surface area contributed by atoms with E-state index in [-0.39, 0.29) is 0 Å². The Labute approximate surface area is 106 Å². The van der Waals surface area contributed by atoms with E-state index in [1.807, 2.05) is 35.9 Å². The Balaban J connectivity index is 2.42. The van der Waals surface area contributed by atoms with E-state index in [9.17, 15) is 0 Å². The van der Waals surface area contributed by atoms with Gasteiger partial charge in [-0.05, 0) is 24.6 Å². The van der Waals surface area contributed by atoms with E-state index < -0.39 is 0 Å². The molecule has 3 nitrogen and oxygen atoms in total. The van der Waals surface area contributed by atoms with Crippen LogP contribution >= 0.6 is 11.6 Å². The van der Waals surface area contributed by atoms with Crippen LogP contribution in [0.25, 0.3) is 5.69 Å². The molecule has 0 radical (unpaired) electrons. The number of hydrogen-bond acceptors (Lipinski definition) is 2. The van der Waals surface area contributed by atoms with Crippen molar-refractivity contribution in [2.24, 2.45) is 0 Å². The first kappa shape index (κ1) is 11.7. The zero-order valence-corrected chi connectivity index (χ0v) is 10.4. The number of nitrogens with one attached hydrogen (secondary N) is 1. The van der Waals surface area contributed by atoms with Crippen molar-refractivity contribution in [3.05, 3.63) is 53.8 Å². The summed E-state index contributed by atoms with van der Waals surface area (Å²) in [6, 6.07) is 5.81. The van der Waals surface area contributed by atoms with Crippen molar-refractivity contribution in [3.63, 3.8) is 0 Å². The van der Waals surface area contributed by atoms with Crippen molar-refractivity contribution in [2.45, 2.75) is 6.92 Å². The Kier molecular flexibility index (Phi) is 3.49. The Morgan fingerprint density at radius 3 is 3.12 bits per heavy atom. The summed E-state index contributed by atoms with van der Waals surface area (Å²) >= 11 is 6.02. The van der Waals surface area contributed by atoms with Gasteiger partial charge in [-0.1, -0.05) is 23.7 Å². The third-order valence-electron chi connectivity index (χ3n) is 2.48. The highest BCUT2D eigenvalue weighted by Gasteiger charge is 2.06. The minimum atomic E-state index is 0.677. The van der Waals surface area contributed by atoms with Crippen LogP contribution in [0.15, 0.2) is 43.2 Å². The molecular weight excluding hydrogens is 234 g/mol. The maximum atomic E-state index is 6.02. The predicted molar refractivity (Wildman–Crippen MR) is 72.0 cm³/mol. The minimum absolute atomic E-state index is 0.677. The molecule has 0 aliphatic rings. The van der Waals surface area contributed by atoms with Crippen molar-refractivity contribution in [3.8, 4) is 5.69 Å². The van der Waals surface area contributed by atoms with E-state index in [1.54, 1.807) is 12.3 Å². The molecule has 0 aliphatic heterocycles. The van der Waals surface area contributed by atoms with Crippen LogP contribution in [-0.4, -0.2) is 16.1 Å². The van der Waals surface area contributed by atoms with Crippen LogP contribution in [0.2, 0.25) is 5.02 Å². The molecule has 88 valence electrons. The first-order valence-corrected chi connectivity index (χ1v) is 5.75. The van der Waals surface area contributed by atoms with Crippen LogP contribution in [0.5, 0.6) is 0 Å². The summed E-state index contributed by atoms with van der Waals surface area (Å²) in [5.74, 6) is 0.787. The normalized spacial score (nSPS) is 10.2. The van der Waals surface area contributed by atoms with Crippen LogP contribution in [0.4, 0.5) is 5.95 Å². The van der Waals surface area contributed by atoms with Gasteiger partial charge in [0.15, 0.2) is 0 Å². The molecule has 0 amide bonds. The molecule has 1 N–H and O–H groups in total. The molecule has 0 saturated heterocycles. The van der Waals surface area contributed by atoms with Gasteiger partial charge in [-0.25, -0.2) is 4.98 Å². The number of aromatic nitrogens is 2. The summed E-state index contributed by atoms with van der Waals surface area (Å²) in [5.41, 5.74) is 2.18. The molecule has 4 heteroatoms. The van der Waals surface area contributed by atoms with Gasteiger partial charge in [0.05, 0.1) is 5.69 Å². The van der Waals surface area contributed by atoms with Crippen LogP contribution in [0.1, 0.15) is 5.56 Å². The number of imidazole rings is 1. The number of nitrogens with zero attached hydrogens (tertiary/aromatic N) is 2. The Morgan fingerprint density at radius 1 is 1.53 bits per heavy atom. The molecule has 1 aromatic carbocycles. The Hall–Kier alpha value is -1.74. The third kappa shape index (κ3) is 2.50. The lowest BCUT2D eigenvalue weighted by atomic mass is 10.2. The quantitative estimate of drug-likeness (QED) is 0.839. The largest absolute Gasteiger partial charge is 0.352 e. The highest BCUT2D eigenvalue weighted by Crippen LogP contribution is 2.22. The van der Waals surface area contributed by atoms with Gasteiger partial charge in [0.25, 0.3) is 0 Å². The second-order valence-corrected chi connectivity index (χ2v) is 4.16. The highest BCUT2D eigenvalue weighted by atomic mass is 35.5. The fourth-order valence-corrected chi connectivity index (χ4v) is 1.80. The molecule has 0 spiro atoms. The monoisotopic (exact) mass is 247 g/mol. The average Bonchev–Trinajstić information content (AvgIpc) is 2.77. The molecule has 17 heavy (non-hydrogen) atoms. The molecule has 1 heterocycles. The summed E-state index contributed by atoms with van der Waals surface area (Å²) in [5, 5.41) is 3.90. The number of hydrogen-bond donors (Lipinski definition) is 1. The molecule has 0 atom stereocenters. The smallest absolute Gasteiger partial charge is 0.207 e. The minimum Gasteiger partial charge on any atom is -0.352 e. The number of anilines is 1. The van der Waals surface area contributed by atoms with Crippen LogP contribution in [-0.2, 0) is 0 Å². The fraction of sp³-hybridized carbons (Fsp3) is 0.154. The topological polar surface area (TPSA) is 29.9 Å². The molecular formula is C13H14ClN3. The number of halogens is 1. The summed E-state index contributed by atoms with van der Waals surface area (Å²) in [7, 11) is 0. The molecule has 1 aromatic heterocycles. The van der Waals surface area contributed by atoms with Gasteiger partial charge in [-0.3, -0.25) is 4.57 Å². The molecule has 0 fully saturated rings. The van der Waals surface area contributed by atoms with E-state index in [0.29, 0.717) is 11.6 Å². The average molecular weight is 248 g/mol. The number of aryl methyl sites for hydroxylation is 1. The maximum absolute atomic E-state index is 6.02. The van der Waals surface area contributed by atoms with Crippen molar-refractivity contribution in [1.82, 2.24) is 9.55 Å². The van der Waals surface area contributed by atoms with Crippen LogP contribution in [0.3, 0.4) is 0 Å². The molecule has 0 unspecified atom stereocenters. The van der Waals surface area contributed by atoms with Gasteiger partial charge >= 0.3 is 0 Å². The zero-order chi connectivity index (χ0) is 12.3. The number of benzene rings is 1. The van der Waals surface area contributed by atoms with E-state index in [1.165, 1.54) is 0 Å². The lowest BCUT2D eigenvalue weighted by Crippen LogP contribution is -2.06. The Bertz CT molecular complexity index is 531. The summed E-state index contributed by atoms with van der Waals surface area (Å²) in [6.45, 7) is 6.40. The molecule has 0 bridgehead atoms. The number of rotatable bonds is 4. The third-order valence-corrected chi connectivity index (χ3v) is 2.71. The van der Waals surface area contributed by atoms with Crippen molar-refractivity contribution in [1.29, 1.82) is 0 Å². The van der Waals surface area contributed by atoms with Gasteiger partial charge in [-0.15, -0.1) is 6.58 Å². The van der Waals surface area contributed by atoms with Gasteiger partial charge in [0.2, 0.25) is 5.95 Å². The van der Waals surface area contributed by atoms with E-state index in [2.05, 4.69) is 16.9 Å². The second-order valence-electron chi connectivity index (χ2n) is 3.72. The molecule has 2 aromatic rings. The lowest BCUT2D eigenvalue weighted by molar-refractivity contribution is 1.03. The highest BCUT2D eigenvalue weighted by molar-refractivity contribution is 6.30. The van der Waals surface area contributed by atoms with Crippen molar-refractivity contribution >= 4 is 17.5 Å². The zero-order valence-electron chi connectivity index (χ0n) is 9.65. The predicted octanol–water partition coefficient (Wildman–Crippen LogP) is 3.43. The lowest BCUT2D eigenvalue weighted by Gasteiger charge is -2.11.